The van der Waals surface area contributed by atoms with E-state index in [0.717, 1.165) is 41.2 Å². The monoisotopic (exact) mass is 319 g/mol. The van der Waals surface area contributed by atoms with Crippen LogP contribution in [0.5, 0.6) is 0 Å². The molecule has 1 aromatic rings. The Labute approximate surface area is 135 Å². The molecular formula is C16H21N3O2S. The van der Waals surface area contributed by atoms with Crippen molar-refractivity contribution < 1.29 is 4.92 Å². The summed E-state index contributed by atoms with van der Waals surface area (Å²) in [5, 5.41) is 11.9. The van der Waals surface area contributed by atoms with Gasteiger partial charge in [-0.2, -0.15) is 0 Å². The van der Waals surface area contributed by atoms with E-state index < -0.39 is 0 Å². The van der Waals surface area contributed by atoms with Gasteiger partial charge in [0.1, 0.15) is 0 Å². The Kier molecular flexibility index (Phi) is 4.66. The lowest BCUT2D eigenvalue weighted by Crippen LogP contribution is -2.29. The van der Waals surface area contributed by atoms with Crippen LogP contribution >= 0.6 is 11.8 Å². The number of aryl methyl sites for hydroxylation is 1. The summed E-state index contributed by atoms with van der Waals surface area (Å²) in [6, 6.07) is 4.89. The molecule has 1 aromatic carbocycles. The predicted octanol–water partition coefficient (Wildman–Crippen LogP) is 4.13. The predicted molar refractivity (Wildman–Crippen MR) is 90.9 cm³/mol. The molecule has 1 aliphatic heterocycles. The number of rotatable bonds is 4. The van der Waals surface area contributed by atoms with E-state index in [9.17, 15) is 10.1 Å². The van der Waals surface area contributed by atoms with E-state index in [2.05, 4.69) is 4.90 Å². The van der Waals surface area contributed by atoms with Crippen molar-refractivity contribution in [2.75, 3.05) is 18.8 Å². The number of nitrogens with zero attached hydrogens (tertiary/aromatic N) is 3. The molecule has 0 radical (unpaired) electrons. The normalized spacial score (nSPS) is 21.0. The largest absolute Gasteiger partial charge is 0.350 e. The molecule has 1 heterocycles. The second-order valence-corrected chi connectivity index (χ2v) is 7.13. The first-order valence-electron chi connectivity index (χ1n) is 7.85. The van der Waals surface area contributed by atoms with Crippen LogP contribution < -0.4 is 0 Å². The Bertz CT molecular complexity index is 597. The Morgan fingerprint density at radius 1 is 1.41 bits per heavy atom. The van der Waals surface area contributed by atoms with Gasteiger partial charge < -0.3 is 4.90 Å². The van der Waals surface area contributed by atoms with Crippen LogP contribution in [0.1, 0.15) is 31.2 Å². The molecule has 0 amide bonds. The van der Waals surface area contributed by atoms with Gasteiger partial charge >= 0.3 is 0 Å². The van der Waals surface area contributed by atoms with Crippen molar-refractivity contribution in [3.8, 4) is 0 Å². The van der Waals surface area contributed by atoms with Crippen LogP contribution in [0.15, 0.2) is 23.2 Å². The molecule has 0 aromatic heterocycles. The number of non-ortho nitro benzene ring substituents is 1. The van der Waals surface area contributed by atoms with Crippen LogP contribution in [0, 0.1) is 23.0 Å². The van der Waals surface area contributed by atoms with E-state index >= 15 is 0 Å². The van der Waals surface area contributed by atoms with Gasteiger partial charge in [0.25, 0.3) is 5.69 Å². The topological polar surface area (TPSA) is 58.7 Å². The zero-order valence-electron chi connectivity index (χ0n) is 12.8. The number of amidine groups is 1. The third-order valence-corrected chi connectivity index (χ3v) is 5.42. The van der Waals surface area contributed by atoms with Crippen LogP contribution in [0.3, 0.4) is 0 Å². The first-order valence-corrected chi connectivity index (χ1v) is 8.83. The van der Waals surface area contributed by atoms with Gasteiger partial charge in [-0.05, 0) is 37.3 Å². The van der Waals surface area contributed by atoms with Crippen LogP contribution in [-0.4, -0.2) is 33.8 Å². The highest BCUT2D eigenvalue weighted by Gasteiger charge is 2.25. The van der Waals surface area contributed by atoms with Crippen molar-refractivity contribution >= 4 is 28.3 Å². The van der Waals surface area contributed by atoms with Gasteiger partial charge in [0.05, 0.1) is 10.6 Å². The summed E-state index contributed by atoms with van der Waals surface area (Å²) in [7, 11) is 0. The zero-order valence-corrected chi connectivity index (χ0v) is 13.6. The minimum absolute atomic E-state index is 0.128. The van der Waals surface area contributed by atoms with Crippen molar-refractivity contribution in [1.82, 2.24) is 4.90 Å². The van der Waals surface area contributed by atoms with Crippen molar-refractivity contribution in [1.29, 1.82) is 0 Å². The first-order chi connectivity index (χ1) is 10.6. The number of aliphatic imine (C=N–C) groups is 1. The third-order valence-electron chi connectivity index (χ3n) is 4.42. The average Bonchev–Trinajstić information content (AvgIpc) is 3.14. The van der Waals surface area contributed by atoms with Crippen LogP contribution in [0.2, 0.25) is 0 Å². The minimum Gasteiger partial charge on any atom is -0.350 e. The standard InChI is InChI=1S/C16H21N3O2S/c1-12-10-14(19(20)21)6-7-15(12)17-16-18(8-9-22-16)11-13-4-2-3-5-13/h6-7,10,13H,2-5,8-9,11H2,1H3. The number of hydrogen-bond acceptors (Lipinski definition) is 4. The van der Waals surface area contributed by atoms with Gasteiger partial charge in [0.2, 0.25) is 0 Å². The summed E-state index contributed by atoms with van der Waals surface area (Å²) in [6.07, 6.45) is 5.40. The molecule has 1 saturated carbocycles. The van der Waals surface area contributed by atoms with Gasteiger partial charge in [-0.1, -0.05) is 24.6 Å². The highest BCUT2D eigenvalue weighted by molar-refractivity contribution is 8.14. The number of nitro groups is 1. The highest BCUT2D eigenvalue weighted by atomic mass is 32.2. The molecule has 0 spiro atoms. The van der Waals surface area contributed by atoms with Gasteiger partial charge in [-0.15, -0.1) is 0 Å². The Hall–Kier alpha value is -1.56. The number of hydrogen-bond donors (Lipinski definition) is 0. The second-order valence-electron chi connectivity index (χ2n) is 6.07. The molecule has 3 rings (SSSR count). The van der Waals surface area contributed by atoms with E-state index in [1.807, 2.05) is 6.92 Å². The fourth-order valence-electron chi connectivity index (χ4n) is 3.19. The summed E-state index contributed by atoms with van der Waals surface area (Å²) in [5.74, 6) is 1.89. The van der Waals surface area contributed by atoms with E-state index in [1.165, 1.54) is 31.7 Å². The maximum atomic E-state index is 10.8. The lowest BCUT2D eigenvalue weighted by molar-refractivity contribution is -0.384. The van der Waals surface area contributed by atoms with E-state index in [0.29, 0.717) is 0 Å². The van der Waals surface area contributed by atoms with E-state index in [-0.39, 0.29) is 10.6 Å². The molecule has 2 aliphatic rings. The van der Waals surface area contributed by atoms with Crippen LogP contribution in [0.4, 0.5) is 11.4 Å². The SMILES string of the molecule is Cc1cc([N+](=O)[O-])ccc1N=C1SCCN1CC1CCCC1. The Balaban J connectivity index is 1.76. The smallest absolute Gasteiger partial charge is 0.269 e. The Morgan fingerprint density at radius 3 is 2.86 bits per heavy atom. The van der Waals surface area contributed by atoms with Crippen LogP contribution in [-0.2, 0) is 0 Å². The molecular weight excluding hydrogens is 298 g/mol. The molecule has 6 heteroatoms. The van der Waals surface area contributed by atoms with Crippen molar-refractivity contribution in [2.45, 2.75) is 32.6 Å². The minimum atomic E-state index is -0.360. The number of benzene rings is 1. The maximum Gasteiger partial charge on any atom is 0.269 e. The summed E-state index contributed by atoms with van der Waals surface area (Å²) in [6.45, 7) is 4.05. The fraction of sp³-hybridized carbons (Fsp3) is 0.562. The number of nitro benzene ring substituents is 1. The van der Waals surface area contributed by atoms with Crippen molar-refractivity contribution in [2.24, 2.45) is 10.9 Å². The van der Waals surface area contributed by atoms with E-state index in [4.69, 9.17) is 4.99 Å². The molecule has 1 aliphatic carbocycles. The lowest BCUT2D eigenvalue weighted by atomic mass is 10.1. The summed E-state index contributed by atoms with van der Waals surface area (Å²) in [5.41, 5.74) is 1.82. The quantitative estimate of drug-likeness (QED) is 0.618. The number of thioether (sulfide) groups is 1. The fourth-order valence-corrected chi connectivity index (χ4v) is 4.20. The molecule has 0 unspecified atom stereocenters. The van der Waals surface area contributed by atoms with Gasteiger partial charge in [-0.3, -0.25) is 10.1 Å². The molecule has 1 saturated heterocycles. The van der Waals surface area contributed by atoms with Crippen molar-refractivity contribution in [3.63, 3.8) is 0 Å². The van der Waals surface area contributed by atoms with Crippen molar-refractivity contribution in [3.05, 3.63) is 33.9 Å². The second kappa shape index (κ2) is 6.69. The molecule has 22 heavy (non-hydrogen) atoms. The van der Waals surface area contributed by atoms with Gasteiger partial charge in [0, 0.05) is 31.0 Å². The summed E-state index contributed by atoms with van der Waals surface area (Å²) < 4.78 is 0. The zero-order chi connectivity index (χ0) is 15.5. The third kappa shape index (κ3) is 3.43. The average molecular weight is 319 g/mol. The molecule has 5 nitrogen and oxygen atoms in total. The van der Waals surface area contributed by atoms with E-state index in [1.54, 1.807) is 23.9 Å². The molecule has 0 N–H and O–H groups in total. The van der Waals surface area contributed by atoms with Gasteiger partial charge in [-0.25, -0.2) is 4.99 Å². The maximum absolute atomic E-state index is 10.8. The van der Waals surface area contributed by atoms with Crippen LogP contribution in [0.25, 0.3) is 0 Å². The van der Waals surface area contributed by atoms with Gasteiger partial charge in [0.15, 0.2) is 5.17 Å². The molecule has 0 bridgehead atoms. The summed E-state index contributed by atoms with van der Waals surface area (Å²) in [4.78, 5) is 17.6. The molecule has 0 atom stereocenters. The Morgan fingerprint density at radius 2 is 2.18 bits per heavy atom. The summed E-state index contributed by atoms with van der Waals surface area (Å²) >= 11 is 1.79. The molecule has 2 fully saturated rings. The molecule has 118 valence electrons. The first kappa shape index (κ1) is 15.3. The highest BCUT2D eigenvalue weighted by Crippen LogP contribution is 2.31. The lowest BCUT2D eigenvalue weighted by Gasteiger charge is -2.22.